The number of nitrogens with one attached hydrogen (secondary N) is 2. The van der Waals surface area contributed by atoms with Crippen molar-refractivity contribution in [1.82, 2.24) is 20.1 Å². The molecule has 0 spiro atoms. The third kappa shape index (κ3) is 8.20. The van der Waals surface area contributed by atoms with Crippen LogP contribution in [0.4, 0.5) is 5.69 Å². The van der Waals surface area contributed by atoms with Crippen molar-refractivity contribution >= 4 is 75.1 Å². The number of aromatic nitrogens is 3. The van der Waals surface area contributed by atoms with Crippen molar-refractivity contribution in [1.29, 1.82) is 0 Å². The van der Waals surface area contributed by atoms with Gasteiger partial charge in [0.1, 0.15) is 0 Å². The molecule has 1 heterocycles. The van der Waals surface area contributed by atoms with Crippen molar-refractivity contribution in [3.63, 3.8) is 0 Å². The summed E-state index contributed by atoms with van der Waals surface area (Å²) in [7, 11) is 0. The van der Waals surface area contributed by atoms with Gasteiger partial charge in [0.25, 0.3) is 5.91 Å². The van der Waals surface area contributed by atoms with Crippen molar-refractivity contribution < 1.29 is 9.59 Å². The summed E-state index contributed by atoms with van der Waals surface area (Å²) < 4.78 is 2.98. The van der Waals surface area contributed by atoms with Gasteiger partial charge in [0.2, 0.25) is 5.91 Å². The molecular weight excluding hydrogens is 644 g/mol. The molecule has 0 fully saturated rings. The van der Waals surface area contributed by atoms with E-state index >= 15 is 0 Å². The first kappa shape index (κ1) is 29.5. The second-order valence-electron chi connectivity index (χ2n) is 8.82. The van der Waals surface area contributed by atoms with E-state index in [0.717, 1.165) is 14.8 Å². The zero-order chi connectivity index (χ0) is 27.1. The average Bonchev–Trinajstić information content (AvgIpc) is 3.21. The van der Waals surface area contributed by atoms with Crippen LogP contribution in [0.15, 0.2) is 54.2 Å². The molecule has 2 aromatic carbocycles. The fourth-order valence-corrected chi connectivity index (χ4v) is 5.55. The van der Waals surface area contributed by atoms with E-state index in [1.807, 2.05) is 29.7 Å². The van der Waals surface area contributed by atoms with Crippen LogP contribution in [-0.2, 0) is 11.3 Å². The number of rotatable bonds is 11. The van der Waals surface area contributed by atoms with Crippen LogP contribution in [0.3, 0.4) is 0 Å². The van der Waals surface area contributed by atoms with Crippen molar-refractivity contribution in [2.75, 3.05) is 11.1 Å². The fraction of sp³-hybridized carbons (Fsp3) is 0.308. The number of nitrogens with zero attached hydrogens (tertiary/aromatic N) is 3. The molecule has 2 amide bonds. The molecule has 3 rings (SSSR count). The molecule has 2 N–H and O–H groups in total. The Morgan fingerprint density at radius 3 is 2.59 bits per heavy atom. The average molecular weight is 672 g/mol. The minimum Gasteiger partial charge on any atom is -0.342 e. The van der Waals surface area contributed by atoms with Gasteiger partial charge >= 0.3 is 0 Å². The van der Waals surface area contributed by atoms with Gasteiger partial charge in [-0.1, -0.05) is 54.9 Å². The van der Waals surface area contributed by atoms with E-state index in [9.17, 15) is 9.59 Å². The molecule has 0 aliphatic heterocycles. The van der Waals surface area contributed by atoms with E-state index in [1.165, 1.54) is 17.8 Å². The van der Waals surface area contributed by atoms with Crippen LogP contribution in [0.5, 0.6) is 0 Å². The summed E-state index contributed by atoms with van der Waals surface area (Å²) in [6.07, 6.45) is 2.36. The smallest absolute Gasteiger partial charge is 0.253 e. The first-order valence-corrected chi connectivity index (χ1v) is 14.4. The van der Waals surface area contributed by atoms with E-state index in [1.54, 1.807) is 18.2 Å². The summed E-state index contributed by atoms with van der Waals surface area (Å²) in [6.45, 7) is 10.4. The minimum absolute atomic E-state index is 0.145. The Hall–Kier alpha value is -2.08. The van der Waals surface area contributed by atoms with Crippen molar-refractivity contribution in [2.45, 2.75) is 44.9 Å². The van der Waals surface area contributed by atoms with E-state index in [4.69, 9.17) is 23.2 Å². The van der Waals surface area contributed by atoms with Crippen molar-refractivity contribution in [3.8, 4) is 0 Å². The number of aryl methyl sites for hydroxylation is 1. The van der Waals surface area contributed by atoms with Crippen LogP contribution < -0.4 is 10.6 Å². The summed E-state index contributed by atoms with van der Waals surface area (Å²) >= 11 is 15.8. The maximum absolute atomic E-state index is 13.1. The van der Waals surface area contributed by atoms with Crippen LogP contribution >= 0.6 is 57.6 Å². The highest BCUT2D eigenvalue weighted by atomic mass is 127. The number of hydrogen-bond donors (Lipinski definition) is 2. The van der Waals surface area contributed by atoms with Gasteiger partial charge in [-0.15, -0.1) is 16.8 Å². The molecule has 7 nitrogen and oxygen atoms in total. The largest absolute Gasteiger partial charge is 0.342 e. The van der Waals surface area contributed by atoms with Gasteiger partial charge in [0.15, 0.2) is 11.0 Å². The van der Waals surface area contributed by atoms with E-state index < -0.39 is 6.04 Å². The Morgan fingerprint density at radius 1 is 1.19 bits per heavy atom. The number of anilines is 1. The lowest BCUT2D eigenvalue weighted by Gasteiger charge is -2.21. The monoisotopic (exact) mass is 671 g/mol. The molecule has 37 heavy (non-hydrogen) atoms. The predicted octanol–water partition coefficient (Wildman–Crippen LogP) is 6.93. The van der Waals surface area contributed by atoms with Crippen LogP contribution in [0.1, 0.15) is 48.1 Å². The molecule has 11 heteroatoms. The van der Waals surface area contributed by atoms with Gasteiger partial charge < -0.3 is 15.2 Å². The molecule has 0 aliphatic rings. The van der Waals surface area contributed by atoms with Gasteiger partial charge in [0.05, 0.1) is 22.4 Å². The van der Waals surface area contributed by atoms with Crippen molar-refractivity contribution in [3.05, 3.63) is 79.6 Å². The summed E-state index contributed by atoms with van der Waals surface area (Å²) in [5.74, 6) is 0.528. The highest BCUT2D eigenvalue weighted by Gasteiger charge is 2.25. The predicted molar refractivity (Wildman–Crippen MR) is 160 cm³/mol. The molecule has 0 bridgehead atoms. The zero-order valence-electron chi connectivity index (χ0n) is 20.7. The van der Waals surface area contributed by atoms with Gasteiger partial charge in [-0.05, 0) is 83.8 Å². The second kappa shape index (κ2) is 13.6. The van der Waals surface area contributed by atoms with E-state index in [-0.39, 0.29) is 28.5 Å². The third-order valence-electron chi connectivity index (χ3n) is 5.35. The maximum atomic E-state index is 13.1. The number of allylic oxidation sites excluding steroid dienone is 1. The summed E-state index contributed by atoms with van der Waals surface area (Å²) in [5, 5.41) is 16.0. The first-order valence-electron chi connectivity index (χ1n) is 11.6. The summed E-state index contributed by atoms with van der Waals surface area (Å²) in [4.78, 5) is 25.7. The summed E-state index contributed by atoms with van der Waals surface area (Å²) in [6, 6.07) is 10.2. The van der Waals surface area contributed by atoms with Gasteiger partial charge in [-0.3, -0.25) is 9.59 Å². The number of benzene rings is 2. The second-order valence-corrected chi connectivity index (χ2v) is 11.8. The van der Waals surface area contributed by atoms with Crippen molar-refractivity contribution in [2.24, 2.45) is 5.92 Å². The highest BCUT2D eigenvalue weighted by molar-refractivity contribution is 14.1. The van der Waals surface area contributed by atoms with E-state index in [2.05, 4.69) is 63.8 Å². The molecule has 0 saturated heterocycles. The number of hydrogen-bond acceptors (Lipinski definition) is 5. The molecule has 3 aromatic rings. The lowest BCUT2D eigenvalue weighted by molar-refractivity contribution is -0.113. The molecule has 0 radical (unpaired) electrons. The SMILES string of the molecule is C=CCn1c(SCC(=O)Nc2ccc(I)cc2C)nnc1[C@@H](CC(C)C)NC(=O)c1ccc(Cl)cc1Cl. The van der Waals surface area contributed by atoms with Gasteiger partial charge in [-0.2, -0.15) is 0 Å². The first-order chi connectivity index (χ1) is 17.6. The normalized spacial score (nSPS) is 11.9. The minimum atomic E-state index is -0.427. The molecule has 0 unspecified atom stereocenters. The Bertz CT molecular complexity index is 1300. The lowest BCUT2D eigenvalue weighted by atomic mass is 10.0. The highest BCUT2D eigenvalue weighted by Crippen LogP contribution is 2.27. The van der Waals surface area contributed by atoms with E-state index in [0.29, 0.717) is 34.5 Å². The molecular formula is C26H28Cl2IN5O2S. The fourth-order valence-electron chi connectivity index (χ4n) is 3.66. The van der Waals surface area contributed by atoms with Crippen LogP contribution in [0, 0.1) is 16.4 Å². The molecule has 1 aromatic heterocycles. The Labute approximate surface area is 244 Å². The number of carbonyl (C=O) groups excluding carboxylic acids is 2. The van der Waals surface area contributed by atoms with Gasteiger partial charge in [-0.25, -0.2) is 0 Å². The maximum Gasteiger partial charge on any atom is 0.253 e. The standard InChI is InChI=1S/C26H28Cl2IN5O2S/c1-5-10-34-24(22(11-15(2)3)31-25(36)19-8-6-17(27)13-20(19)28)32-33-26(34)37-14-23(35)30-21-9-7-18(29)12-16(21)4/h5-9,12-13,15,22H,1,10-11,14H2,2-4H3,(H,30,35)(H,31,36)/t22-/m1/s1. The zero-order valence-corrected chi connectivity index (χ0v) is 25.2. The topological polar surface area (TPSA) is 88.9 Å². The van der Waals surface area contributed by atoms with Crippen LogP contribution in [-0.4, -0.2) is 32.3 Å². The Morgan fingerprint density at radius 2 is 1.95 bits per heavy atom. The molecule has 1 atom stereocenters. The van der Waals surface area contributed by atoms with Crippen LogP contribution in [0.2, 0.25) is 10.0 Å². The lowest BCUT2D eigenvalue weighted by Crippen LogP contribution is -2.32. The molecule has 0 saturated carbocycles. The third-order valence-corrected chi connectivity index (χ3v) is 7.54. The number of halogens is 3. The number of carbonyl (C=O) groups is 2. The Balaban J connectivity index is 1.79. The quantitative estimate of drug-likeness (QED) is 0.131. The Kier molecular flexibility index (Phi) is 10.9. The number of thioether (sulfide) groups is 1. The summed E-state index contributed by atoms with van der Waals surface area (Å²) in [5.41, 5.74) is 2.10. The molecule has 0 aliphatic carbocycles. The van der Waals surface area contributed by atoms with Gasteiger partial charge in [0, 0.05) is 20.8 Å². The number of amides is 2. The van der Waals surface area contributed by atoms with Crippen LogP contribution in [0.25, 0.3) is 0 Å². The molecule has 196 valence electrons.